The third kappa shape index (κ3) is 3.48. The Balaban J connectivity index is 1.86. The summed E-state index contributed by atoms with van der Waals surface area (Å²) in [6, 6.07) is 15.3. The maximum Gasteiger partial charge on any atom is 0.161 e. The zero-order valence-electron chi connectivity index (χ0n) is 13.9. The third-order valence-electron chi connectivity index (χ3n) is 4.42. The zero-order valence-corrected chi connectivity index (χ0v) is 14.7. The topological polar surface area (TPSA) is 21.7 Å². The second-order valence-electron chi connectivity index (χ2n) is 5.78. The van der Waals surface area contributed by atoms with Crippen molar-refractivity contribution < 1.29 is 9.47 Å². The molecule has 1 heterocycles. The molecule has 2 aromatic rings. The van der Waals surface area contributed by atoms with Gasteiger partial charge in [0.2, 0.25) is 0 Å². The molecule has 0 bridgehead atoms. The molecule has 0 radical (unpaired) electrons. The van der Waals surface area contributed by atoms with Crippen molar-refractivity contribution in [3.05, 3.63) is 53.6 Å². The van der Waals surface area contributed by atoms with Gasteiger partial charge in [-0.15, -0.1) is 11.8 Å². The molecular weight excluding hydrogens is 306 g/mol. The van der Waals surface area contributed by atoms with E-state index in [-0.39, 0.29) is 0 Å². The molecule has 0 saturated heterocycles. The lowest BCUT2D eigenvalue weighted by molar-refractivity contribution is 0.249. The summed E-state index contributed by atoms with van der Waals surface area (Å²) in [5, 5.41) is 0. The van der Waals surface area contributed by atoms with Crippen LogP contribution in [0.25, 0.3) is 0 Å². The molecule has 1 aliphatic rings. The number of hydrogen-bond donors (Lipinski definition) is 0. The van der Waals surface area contributed by atoms with E-state index in [1.807, 2.05) is 11.8 Å². The van der Waals surface area contributed by atoms with Gasteiger partial charge in [-0.25, -0.2) is 0 Å². The Morgan fingerprint density at radius 2 is 1.78 bits per heavy atom. The van der Waals surface area contributed by atoms with Gasteiger partial charge in [0.1, 0.15) is 0 Å². The first-order valence-corrected chi connectivity index (χ1v) is 8.84. The first-order valence-electron chi connectivity index (χ1n) is 7.86. The van der Waals surface area contributed by atoms with Crippen LogP contribution in [0.5, 0.6) is 11.5 Å². The van der Waals surface area contributed by atoms with Gasteiger partial charge in [-0.2, -0.15) is 0 Å². The van der Waals surface area contributed by atoms with Gasteiger partial charge in [0, 0.05) is 23.2 Å². The Morgan fingerprint density at radius 1 is 1.09 bits per heavy atom. The van der Waals surface area contributed by atoms with Crippen LogP contribution < -0.4 is 9.47 Å². The van der Waals surface area contributed by atoms with E-state index in [0.29, 0.717) is 6.04 Å². The van der Waals surface area contributed by atoms with Crippen LogP contribution >= 0.6 is 11.8 Å². The Labute approximate surface area is 142 Å². The van der Waals surface area contributed by atoms with Gasteiger partial charge in [0.15, 0.2) is 11.5 Å². The first kappa shape index (κ1) is 16.2. The summed E-state index contributed by atoms with van der Waals surface area (Å²) in [6.07, 6.45) is 1.05. The summed E-state index contributed by atoms with van der Waals surface area (Å²) in [4.78, 5) is 3.75. The molecule has 2 aromatic carbocycles. The highest BCUT2D eigenvalue weighted by molar-refractivity contribution is 7.99. The number of fused-ring (bicyclic) bond motifs is 1. The number of likely N-dealkylation sites (N-methyl/N-ethyl adjacent to an activating group) is 1. The highest BCUT2D eigenvalue weighted by atomic mass is 32.2. The van der Waals surface area contributed by atoms with Crippen LogP contribution in [0.2, 0.25) is 0 Å². The van der Waals surface area contributed by atoms with Crippen molar-refractivity contribution in [3.63, 3.8) is 0 Å². The fraction of sp³-hybridized carbons (Fsp3) is 0.368. The van der Waals surface area contributed by atoms with Crippen molar-refractivity contribution in [1.82, 2.24) is 4.90 Å². The molecule has 0 fully saturated rings. The van der Waals surface area contributed by atoms with Gasteiger partial charge in [-0.05, 0) is 48.9 Å². The van der Waals surface area contributed by atoms with E-state index < -0.39 is 0 Å². The van der Waals surface area contributed by atoms with Crippen molar-refractivity contribution in [1.29, 1.82) is 0 Å². The Bertz CT molecular complexity index is 660. The molecule has 3 nitrogen and oxygen atoms in total. The number of methoxy groups -OCH3 is 2. The SMILES string of the molecule is COc1cc2c(cc1OC)C(CSc1ccccc1)N(C)CC2. The largest absolute Gasteiger partial charge is 0.493 e. The minimum atomic E-state index is 0.392. The predicted octanol–water partition coefficient (Wildman–Crippen LogP) is 4.03. The molecule has 0 aromatic heterocycles. The lowest BCUT2D eigenvalue weighted by Crippen LogP contribution is -2.33. The van der Waals surface area contributed by atoms with Gasteiger partial charge < -0.3 is 9.47 Å². The van der Waals surface area contributed by atoms with Crippen LogP contribution in [0.1, 0.15) is 17.2 Å². The summed E-state index contributed by atoms with van der Waals surface area (Å²) in [6.45, 7) is 1.07. The van der Waals surface area contributed by atoms with Gasteiger partial charge in [0.05, 0.1) is 14.2 Å². The van der Waals surface area contributed by atoms with Crippen LogP contribution in [-0.4, -0.2) is 38.5 Å². The molecule has 0 N–H and O–H groups in total. The Hall–Kier alpha value is -1.65. The number of benzene rings is 2. The molecule has 4 heteroatoms. The van der Waals surface area contributed by atoms with Crippen LogP contribution in [0, 0.1) is 0 Å². The fourth-order valence-corrected chi connectivity index (χ4v) is 4.20. The van der Waals surface area contributed by atoms with E-state index in [2.05, 4.69) is 54.4 Å². The van der Waals surface area contributed by atoms with E-state index in [1.54, 1.807) is 14.2 Å². The number of thioether (sulfide) groups is 1. The molecule has 0 spiro atoms. The van der Waals surface area contributed by atoms with Gasteiger partial charge in [-0.1, -0.05) is 18.2 Å². The molecule has 122 valence electrons. The Kier molecular flexibility index (Phi) is 5.13. The summed E-state index contributed by atoms with van der Waals surface area (Å²) in [7, 11) is 5.60. The molecule has 0 amide bonds. The summed E-state index contributed by atoms with van der Waals surface area (Å²) in [5.41, 5.74) is 2.74. The maximum atomic E-state index is 5.50. The van der Waals surface area contributed by atoms with Gasteiger partial charge in [-0.3, -0.25) is 4.90 Å². The van der Waals surface area contributed by atoms with Crippen LogP contribution in [0.3, 0.4) is 0 Å². The molecule has 0 saturated carbocycles. The van der Waals surface area contributed by atoms with Crippen LogP contribution in [0.4, 0.5) is 0 Å². The normalized spacial score (nSPS) is 17.6. The summed E-state index contributed by atoms with van der Waals surface area (Å²) >= 11 is 1.90. The summed E-state index contributed by atoms with van der Waals surface area (Å²) in [5.74, 6) is 2.67. The smallest absolute Gasteiger partial charge is 0.161 e. The quantitative estimate of drug-likeness (QED) is 0.772. The second kappa shape index (κ2) is 7.28. The van der Waals surface area contributed by atoms with E-state index in [4.69, 9.17) is 9.47 Å². The average Bonchev–Trinajstić information content (AvgIpc) is 2.60. The fourth-order valence-electron chi connectivity index (χ4n) is 3.06. The maximum absolute atomic E-state index is 5.50. The van der Waals surface area contributed by atoms with Crippen molar-refractivity contribution in [2.75, 3.05) is 33.6 Å². The zero-order chi connectivity index (χ0) is 16.2. The van der Waals surface area contributed by atoms with Crippen molar-refractivity contribution in [3.8, 4) is 11.5 Å². The minimum Gasteiger partial charge on any atom is -0.493 e. The van der Waals surface area contributed by atoms with Crippen molar-refractivity contribution in [2.45, 2.75) is 17.4 Å². The molecule has 1 unspecified atom stereocenters. The van der Waals surface area contributed by atoms with E-state index in [9.17, 15) is 0 Å². The van der Waals surface area contributed by atoms with Crippen LogP contribution in [0.15, 0.2) is 47.4 Å². The van der Waals surface area contributed by atoms with E-state index in [1.165, 1.54) is 16.0 Å². The molecular formula is C19H23NO2S. The number of nitrogens with zero attached hydrogens (tertiary/aromatic N) is 1. The lowest BCUT2D eigenvalue weighted by atomic mass is 9.93. The van der Waals surface area contributed by atoms with Gasteiger partial charge in [0.25, 0.3) is 0 Å². The van der Waals surface area contributed by atoms with Crippen molar-refractivity contribution >= 4 is 11.8 Å². The first-order chi connectivity index (χ1) is 11.2. The average molecular weight is 329 g/mol. The molecule has 1 atom stereocenters. The third-order valence-corrected chi connectivity index (χ3v) is 5.51. The Morgan fingerprint density at radius 3 is 2.48 bits per heavy atom. The highest BCUT2D eigenvalue weighted by Gasteiger charge is 2.26. The van der Waals surface area contributed by atoms with Crippen LogP contribution in [-0.2, 0) is 6.42 Å². The molecule has 0 aliphatic carbocycles. The van der Waals surface area contributed by atoms with Crippen molar-refractivity contribution in [2.24, 2.45) is 0 Å². The predicted molar refractivity (Wildman–Crippen MR) is 95.8 cm³/mol. The standard InChI is InChI=1S/C19H23NO2S/c1-20-10-9-14-11-18(21-2)19(22-3)12-16(14)17(20)13-23-15-7-5-4-6-8-15/h4-8,11-12,17H,9-10,13H2,1-3H3. The number of rotatable bonds is 5. The van der Waals surface area contributed by atoms with Gasteiger partial charge >= 0.3 is 0 Å². The molecule has 3 rings (SSSR count). The molecule has 1 aliphatic heterocycles. The number of hydrogen-bond acceptors (Lipinski definition) is 4. The second-order valence-corrected chi connectivity index (χ2v) is 6.87. The van der Waals surface area contributed by atoms with E-state index >= 15 is 0 Å². The lowest BCUT2D eigenvalue weighted by Gasteiger charge is -2.35. The van der Waals surface area contributed by atoms with E-state index in [0.717, 1.165) is 30.2 Å². The highest BCUT2D eigenvalue weighted by Crippen LogP contribution is 2.39. The minimum absolute atomic E-state index is 0.392. The molecule has 23 heavy (non-hydrogen) atoms. The number of ether oxygens (including phenoxy) is 2. The monoisotopic (exact) mass is 329 g/mol. The summed E-state index contributed by atoms with van der Waals surface area (Å²) < 4.78 is 10.9.